The highest BCUT2D eigenvalue weighted by Gasteiger charge is 2.27. The van der Waals surface area contributed by atoms with Crippen LogP contribution in [-0.2, 0) is 9.59 Å². The van der Waals surface area contributed by atoms with Gasteiger partial charge in [0.05, 0.1) is 17.9 Å². The molecule has 0 bridgehead atoms. The number of hydrogen-bond donors (Lipinski definition) is 3. The van der Waals surface area contributed by atoms with Crippen LogP contribution in [0.1, 0.15) is 46.0 Å². The summed E-state index contributed by atoms with van der Waals surface area (Å²) in [4.78, 5) is 29.2. The molecule has 6 nitrogen and oxygen atoms in total. The molecule has 2 amide bonds. The number of likely N-dealkylation sites (N-methyl/N-ethyl adjacent to an activating group) is 1. The lowest BCUT2D eigenvalue weighted by molar-refractivity contribution is -0.122. The van der Waals surface area contributed by atoms with Gasteiger partial charge in [0.25, 0.3) is 5.91 Å². The molecule has 1 aliphatic heterocycles. The molecule has 1 saturated carbocycles. The van der Waals surface area contributed by atoms with Crippen molar-refractivity contribution in [3.05, 3.63) is 42.0 Å². The summed E-state index contributed by atoms with van der Waals surface area (Å²) in [5.74, 6) is 0.547. The van der Waals surface area contributed by atoms with Gasteiger partial charge in [0, 0.05) is 36.4 Å². The maximum absolute atomic E-state index is 12.7. The second-order valence-electron chi connectivity index (χ2n) is 8.05. The SMILES string of the molecule is C/C=C(\C=C/CC1=Nc2cc(NC(=O)C3CCCCC3C)ccc2NC1)C(=O)NC. The Morgan fingerprint density at radius 3 is 2.80 bits per heavy atom. The molecule has 1 aromatic rings. The first-order valence-electron chi connectivity index (χ1n) is 10.8. The maximum Gasteiger partial charge on any atom is 0.250 e. The zero-order valence-corrected chi connectivity index (χ0v) is 18.1. The third kappa shape index (κ3) is 5.38. The van der Waals surface area contributed by atoms with Crippen molar-refractivity contribution in [2.45, 2.75) is 46.0 Å². The molecule has 2 unspecified atom stereocenters. The van der Waals surface area contributed by atoms with Crippen LogP contribution >= 0.6 is 0 Å². The molecule has 1 aromatic carbocycles. The Morgan fingerprint density at radius 1 is 1.27 bits per heavy atom. The van der Waals surface area contributed by atoms with Crippen molar-refractivity contribution in [3.63, 3.8) is 0 Å². The van der Waals surface area contributed by atoms with E-state index in [0.717, 1.165) is 42.0 Å². The number of hydrogen-bond acceptors (Lipinski definition) is 4. The number of nitrogens with one attached hydrogen (secondary N) is 3. The molecule has 3 rings (SSSR count). The highest BCUT2D eigenvalue weighted by Crippen LogP contribution is 2.33. The van der Waals surface area contributed by atoms with Crippen molar-refractivity contribution in [2.75, 3.05) is 24.2 Å². The van der Waals surface area contributed by atoms with Gasteiger partial charge in [0.1, 0.15) is 0 Å². The van der Waals surface area contributed by atoms with Crippen LogP contribution in [0.15, 0.2) is 47.0 Å². The highest BCUT2D eigenvalue weighted by molar-refractivity contribution is 5.99. The van der Waals surface area contributed by atoms with Crippen molar-refractivity contribution in [1.82, 2.24) is 5.32 Å². The molecule has 1 fully saturated rings. The Labute approximate surface area is 178 Å². The third-order valence-electron chi connectivity index (χ3n) is 5.93. The molecular formula is C24H32N4O2. The lowest BCUT2D eigenvalue weighted by Gasteiger charge is -2.27. The van der Waals surface area contributed by atoms with Crippen molar-refractivity contribution in [1.29, 1.82) is 0 Å². The molecule has 160 valence electrons. The van der Waals surface area contributed by atoms with Gasteiger partial charge < -0.3 is 16.0 Å². The van der Waals surface area contributed by atoms with E-state index in [1.807, 2.05) is 37.3 Å². The first-order chi connectivity index (χ1) is 14.5. The predicted octanol–water partition coefficient (Wildman–Crippen LogP) is 4.59. The summed E-state index contributed by atoms with van der Waals surface area (Å²) in [5, 5.41) is 9.10. The van der Waals surface area contributed by atoms with Gasteiger partial charge in [-0.25, -0.2) is 0 Å². The second-order valence-corrected chi connectivity index (χ2v) is 8.05. The number of rotatable bonds is 6. The van der Waals surface area contributed by atoms with Gasteiger partial charge in [0.15, 0.2) is 0 Å². The third-order valence-corrected chi connectivity index (χ3v) is 5.93. The minimum Gasteiger partial charge on any atom is -0.378 e. The normalized spacial score (nSPS) is 21.4. The first kappa shape index (κ1) is 21.8. The number of carbonyl (C=O) groups is 2. The van der Waals surface area contributed by atoms with Gasteiger partial charge in [-0.1, -0.05) is 38.0 Å². The van der Waals surface area contributed by atoms with Crippen molar-refractivity contribution < 1.29 is 9.59 Å². The van der Waals surface area contributed by atoms with E-state index in [0.29, 0.717) is 24.5 Å². The van der Waals surface area contributed by atoms with Gasteiger partial charge in [0.2, 0.25) is 5.91 Å². The Kier molecular flexibility index (Phi) is 7.44. The van der Waals surface area contributed by atoms with Crippen LogP contribution in [-0.4, -0.2) is 31.1 Å². The van der Waals surface area contributed by atoms with E-state index in [4.69, 9.17) is 4.99 Å². The molecule has 1 aliphatic carbocycles. The van der Waals surface area contributed by atoms with Crippen LogP contribution in [0.3, 0.4) is 0 Å². The summed E-state index contributed by atoms with van der Waals surface area (Å²) in [5.41, 5.74) is 4.19. The number of amides is 2. The number of allylic oxidation sites excluding steroid dienone is 2. The van der Waals surface area contributed by atoms with Crippen LogP contribution < -0.4 is 16.0 Å². The van der Waals surface area contributed by atoms with E-state index in [9.17, 15) is 9.59 Å². The van der Waals surface area contributed by atoms with Crippen LogP contribution in [0.4, 0.5) is 17.1 Å². The predicted molar refractivity (Wildman–Crippen MR) is 123 cm³/mol. The molecule has 2 aliphatic rings. The second kappa shape index (κ2) is 10.2. The van der Waals surface area contributed by atoms with Crippen LogP contribution in [0.5, 0.6) is 0 Å². The minimum atomic E-state index is -0.101. The van der Waals surface area contributed by atoms with E-state index < -0.39 is 0 Å². The fraction of sp³-hybridized carbons (Fsp3) is 0.458. The summed E-state index contributed by atoms with van der Waals surface area (Å²) in [6.45, 7) is 4.68. The van der Waals surface area contributed by atoms with Crippen LogP contribution in [0.2, 0.25) is 0 Å². The van der Waals surface area contributed by atoms with Crippen molar-refractivity contribution >= 4 is 34.6 Å². The molecule has 0 saturated heterocycles. The Balaban J connectivity index is 1.66. The fourth-order valence-corrected chi connectivity index (χ4v) is 4.09. The van der Waals surface area contributed by atoms with Gasteiger partial charge in [-0.2, -0.15) is 0 Å². The molecule has 6 heteroatoms. The van der Waals surface area contributed by atoms with Gasteiger partial charge in [-0.15, -0.1) is 0 Å². The summed E-state index contributed by atoms with van der Waals surface area (Å²) < 4.78 is 0. The van der Waals surface area contributed by atoms with E-state index in [2.05, 4.69) is 22.9 Å². The largest absolute Gasteiger partial charge is 0.378 e. The van der Waals surface area contributed by atoms with E-state index in [1.54, 1.807) is 13.1 Å². The molecule has 0 aromatic heterocycles. The summed E-state index contributed by atoms with van der Waals surface area (Å²) in [7, 11) is 1.62. The standard InChI is InChI=1S/C24H32N4O2/c1-4-17(23(29)25-3)9-7-10-19-15-26-21-13-12-18(14-22(21)27-19)28-24(30)20-11-6-5-8-16(20)2/h4,7,9,12-14,16,20,26H,5-6,8,10-11,15H2,1-3H3,(H,25,29)(H,28,30)/b9-7-,17-4+. The highest BCUT2D eigenvalue weighted by atomic mass is 16.2. The molecule has 30 heavy (non-hydrogen) atoms. The van der Waals surface area contributed by atoms with E-state index in [-0.39, 0.29) is 17.7 Å². The molecule has 1 heterocycles. The summed E-state index contributed by atoms with van der Waals surface area (Å²) in [6, 6.07) is 5.83. The number of anilines is 2. The van der Waals surface area contributed by atoms with Crippen LogP contribution in [0.25, 0.3) is 0 Å². The molecule has 2 atom stereocenters. The average molecular weight is 409 g/mol. The first-order valence-corrected chi connectivity index (χ1v) is 10.8. The fourth-order valence-electron chi connectivity index (χ4n) is 4.09. The van der Waals surface area contributed by atoms with Crippen molar-refractivity contribution in [3.8, 4) is 0 Å². The minimum absolute atomic E-state index is 0.0956. The zero-order valence-electron chi connectivity index (χ0n) is 18.1. The van der Waals surface area contributed by atoms with E-state index >= 15 is 0 Å². The maximum atomic E-state index is 12.7. The lowest BCUT2D eigenvalue weighted by atomic mass is 9.80. The quantitative estimate of drug-likeness (QED) is 0.476. The summed E-state index contributed by atoms with van der Waals surface area (Å²) in [6.07, 6.45) is 10.7. The summed E-state index contributed by atoms with van der Waals surface area (Å²) >= 11 is 0. The van der Waals surface area contributed by atoms with Gasteiger partial charge in [-0.3, -0.25) is 14.6 Å². The average Bonchev–Trinajstić information content (AvgIpc) is 2.76. The van der Waals surface area contributed by atoms with Crippen molar-refractivity contribution in [2.24, 2.45) is 16.8 Å². The Hall–Kier alpha value is -2.89. The molecular weight excluding hydrogens is 376 g/mol. The van der Waals surface area contributed by atoms with Gasteiger partial charge >= 0.3 is 0 Å². The number of nitrogens with zero attached hydrogens (tertiary/aromatic N) is 1. The molecule has 0 radical (unpaired) electrons. The number of aliphatic imine (C=N–C) groups is 1. The number of carbonyl (C=O) groups excluding carboxylic acids is 2. The molecule has 0 spiro atoms. The van der Waals surface area contributed by atoms with E-state index in [1.165, 1.54) is 6.42 Å². The lowest BCUT2D eigenvalue weighted by Crippen LogP contribution is -2.30. The Morgan fingerprint density at radius 2 is 2.07 bits per heavy atom. The topological polar surface area (TPSA) is 82.6 Å². The number of fused-ring (bicyclic) bond motifs is 1. The van der Waals surface area contributed by atoms with Crippen LogP contribution in [0, 0.1) is 11.8 Å². The Bertz CT molecular complexity index is 885. The zero-order chi connectivity index (χ0) is 21.5. The molecule has 3 N–H and O–H groups in total. The number of benzene rings is 1. The van der Waals surface area contributed by atoms with Gasteiger partial charge in [-0.05, 0) is 43.9 Å². The monoisotopic (exact) mass is 408 g/mol. The smallest absolute Gasteiger partial charge is 0.250 e.